The second kappa shape index (κ2) is 8.75. The summed E-state index contributed by atoms with van der Waals surface area (Å²) in [5.41, 5.74) is -2.57. The van der Waals surface area contributed by atoms with Crippen molar-refractivity contribution in [3.05, 3.63) is 89.7 Å². The number of hydrogen-bond donors (Lipinski definition) is 2. The number of rotatable bonds is 4. The number of nitrogens with one attached hydrogen (secondary N) is 1. The SMILES string of the molecule is CN(C(=O)c1cc(-n2c(=O)[nH]c3cccc(CO)c3c2=O)c(Cl)s1)c1ccccc1C(F)(F)F. The number of thiophene rings is 1. The van der Waals surface area contributed by atoms with Crippen LogP contribution in [0.25, 0.3) is 16.6 Å². The Kier molecular flexibility index (Phi) is 6.11. The summed E-state index contributed by atoms with van der Waals surface area (Å²) in [7, 11) is 1.18. The van der Waals surface area contributed by atoms with Crippen molar-refractivity contribution in [3.8, 4) is 5.69 Å². The molecule has 0 spiro atoms. The highest BCUT2D eigenvalue weighted by molar-refractivity contribution is 7.18. The van der Waals surface area contributed by atoms with Crippen LogP contribution in [0, 0.1) is 0 Å². The van der Waals surface area contributed by atoms with Crippen LogP contribution in [0.2, 0.25) is 4.34 Å². The number of aromatic amines is 1. The average Bonchev–Trinajstić information content (AvgIpc) is 3.18. The van der Waals surface area contributed by atoms with Gasteiger partial charge in [-0.1, -0.05) is 35.9 Å². The smallest absolute Gasteiger partial charge is 0.392 e. The number of alkyl halides is 3. The zero-order valence-corrected chi connectivity index (χ0v) is 18.9. The Bertz CT molecular complexity index is 1540. The van der Waals surface area contributed by atoms with Crippen LogP contribution < -0.4 is 16.1 Å². The van der Waals surface area contributed by atoms with Crippen molar-refractivity contribution >= 4 is 45.4 Å². The fourth-order valence-corrected chi connectivity index (χ4v) is 4.81. The number of fused-ring (bicyclic) bond motifs is 1. The molecular formula is C22H15ClF3N3O4S. The summed E-state index contributed by atoms with van der Waals surface area (Å²) in [6, 6.07) is 10.4. The lowest BCUT2D eigenvalue weighted by atomic mass is 10.1. The van der Waals surface area contributed by atoms with E-state index in [1.54, 1.807) is 6.07 Å². The molecule has 0 aliphatic carbocycles. The largest absolute Gasteiger partial charge is 0.418 e. The Morgan fingerprint density at radius 3 is 2.56 bits per heavy atom. The van der Waals surface area contributed by atoms with Crippen molar-refractivity contribution in [2.24, 2.45) is 0 Å². The number of halogens is 4. The van der Waals surface area contributed by atoms with E-state index in [4.69, 9.17) is 11.6 Å². The van der Waals surface area contributed by atoms with Crippen LogP contribution in [0.1, 0.15) is 20.8 Å². The average molecular weight is 510 g/mol. The van der Waals surface area contributed by atoms with Gasteiger partial charge in [-0.2, -0.15) is 13.2 Å². The van der Waals surface area contributed by atoms with Crippen molar-refractivity contribution in [2.75, 3.05) is 11.9 Å². The molecule has 0 bridgehead atoms. The molecule has 4 aromatic rings. The minimum atomic E-state index is -4.68. The second-order valence-corrected chi connectivity index (χ2v) is 8.87. The predicted octanol–water partition coefficient (Wildman–Crippen LogP) is 4.18. The first kappa shape index (κ1) is 23.7. The molecule has 34 heavy (non-hydrogen) atoms. The second-order valence-electron chi connectivity index (χ2n) is 7.22. The van der Waals surface area contributed by atoms with Crippen LogP contribution in [-0.4, -0.2) is 27.6 Å². The normalized spacial score (nSPS) is 11.7. The Balaban J connectivity index is 1.82. The van der Waals surface area contributed by atoms with Gasteiger partial charge in [0.2, 0.25) is 0 Å². The van der Waals surface area contributed by atoms with E-state index < -0.39 is 35.5 Å². The van der Waals surface area contributed by atoms with Crippen molar-refractivity contribution in [3.63, 3.8) is 0 Å². The predicted molar refractivity (Wildman–Crippen MR) is 123 cm³/mol. The Morgan fingerprint density at radius 1 is 1.18 bits per heavy atom. The van der Waals surface area contributed by atoms with E-state index in [0.29, 0.717) is 0 Å². The maximum Gasteiger partial charge on any atom is 0.418 e. The molecular weight excluding hydrogens is 495 g/mol. The first-order chi connectivity index (χ1) is 16.0. The molecule has 7 nitrogen and oxygen atoms in total. The summed E-state index contributed by atoms with van der Waals surface area (Å²) >= 11 is 6.97. The zero-order valence-electron chi connectivity index (χ0n) is 17.3. The summed E-state index contributed by atoms with van der Waals surface area (Å²) in [4.78, 5) is 42.1. The van der Waals surface area contributed by atoms with Gasteiger partial charge in [-0.3, -0.25) is 9.59 Å². The molecule has 0 saturated carbocycles. The molecule has 0 unspecified atom stereocenters. The Hall–Kier alpha value is -3.41. The summed E-state index contributed by atoms with van der Waals surface area (Å²) in [6.45, 7) is -0.455. The molecule has 176 valence electrons. The zero-order chi connectivity index (χ0) is 24.8. The van der Waals surface area contributed by atoms with E-state index in [0.717, 1.165) is 32.9 Å². The molecule has 12 heteroatoms. The molecule has 0 radical (unpaired) electrons. The van der Waals surface area contributed by atoms with Crippen LogP contribution >= 0.6 is 22.9 Å². The van der Waals surface area contributed by atoms with Gasteiger partial charge < -0.3 is 15.0 Å². The van der Waals surface area contributed by atoms with E-state index >= 15 is 0 Å². The van der Waals surface area contributed by atoms with Crippen molar-refractivity contribution in [2.45, 2.75) is 12.8 Å². The van der Waals surface area contributed by atoms with Crippen LogP contribution in [0.15, 0.2) is 58.1 Å². The van der Waals surface area contributed by atoms with Crippen molar-refractivity contribution < 1.29 is 23.1 Å². The standard InChI is InChI=1S/C22H15ClF3N3O4S/c1-28(14-8-3-2-6-12(14)22(24,25)26)19(31)16-9-15(18(23)34-16)29-20(32)17-11(10-30)5-4-7-13(17)27-21(29)33/h2-9,30H,10H2,1H3,(H,27,33). The summed E-state index contributed by atoms with van der Waals surface area (Å²) in [5, 5.41) is 9.64. The van der Waals surface area contributed by atoms with E-state index in [1.165, 1.54) is 37.4 Å². The number of carbonyl (C=O) groups excluding carboxylic acids is 1. The molecule has 0 aliphatic heterocycles. The molecule has 0 saturated heterocycles. The molecule has 1 amide bonds. The summed E-state index contributed by atoms with van der Waals surface area (Å²) in [5.74, 6) is -0.809. The van der Waals surface area contributed by atoms with Crippen LogP contribution in [0.4, 0.5) is 18.9 Å². The molecule has 2 aromatic carbocycles. The van der Waals surface area contributed by atoms with Gasteiger partial charge in [-0.15, -0.1) is 11.3 Å². The number of H-pyrrole nitrogens is 1. The number of para-hydroxylation sites is 1. The van der Waals surface area contributed by atoms with E-state index in [1.807, 2.05) is 0 Å². The van der Waals surface area contributed by atoms with Crippen molar-refractivity contribution in [1.29, 1.82) is 0 Å². The number of hydrogen-bond acceptors (Lipinski definition) is 5. The van der Waals surface area contributed by atoms with Gasteiger partial charge in [0, 0.05) is 7.05 Å². The topological polar surface area (TPSA) is 95.4 Å². The molecule has 0 fully saturated rings. The number of aliphatic hydroxyl groups excluding tert-OH is 1. The quantitative estimate of drug-likeness (QED) is 0.431. The van der Waals surface area contributed by atoms with Gasteiger partial charge in [-0.05, 0) is 29.8 Å². The third-order valence-corrected chi connectivity index (χ3v) is 6.50. The van der Waals surface area contributed by atoms with E-state index in [9.17, 15) is 32.7 Å². The number of benzene rings is 2. The first-order valence-corrected chi connectivity index (χ1v) is 10.9. The highest BCUT2D eigenvalue weighted by Crippen LogP contribution is 2.37. The number of amides is 1. The Morgan fingerprint density at radius 2 is 1.88 bits per heavy atom. The van der Waals surface area contributed by atoms with Gasteiger partial charge in [-0.25, -0.2) is 9.36 Å². The van der Waals surface area contributed by atoms with Crippen LogP contribution in [0.5, 0.6) is 0 Å². The lowest BCUT2D eigenvalue weighted by Gasteiger charge is -2.21. The molecule has 2 N–H and O–H groups in total. The number of nitrogens with zero attached hydrogens (tertiary/aromatic N) is 2. The minimum absolute atomic E-state index is 0.0657. The number of carbonyl (C=O) groups is 1. The fraction of sp³-hybridized carbons (Fsp3) is 0.136. The van der Waals surface area contributed by atoms with E-state index in [-0.39, 0.29) is 37.1 Å². The van der Waals surface area contributed by atoms with Gasteiger partial charge >= 0.3 is 11.9 Å². The lowest BCUT2D eigenvalue weighted by Crippen LogP contribution is -2.34. The van der Waals surface area contributed by atoms with Gasteiger partial charge in [0.05, 0.1) is 39.3 Å². The van der Waals surface area contributed by atoms with Crippen LogP contribution in [0.3, 0.4) is 0 Å². The van der Waals surface area contributed by atoms with Gasteiger partial charge in [0.1, 0.15) is 4.34 Å². The van der Waals surface area contributed by atoms with E-state index in [2.05, 4.69) is 4.98 Å². The van der Waals surface area contributed by atoms with Gasteiger partial charge in [0.25, 0.3) is 11.5 Å². The third-order valence-electron chi connectivity index (χ3n) is 5.18. The number of anilines is 1. The lowest BCUT2D eigenvalue weighted by molar-refractivity contribution is -0.137. The monoisotopic (exact) mass is 509 g/mol. The highest BCUT2D eigenvalue weighted by atomic mass is 35.5. The third kappa shape index (κ3) is 4.02. The van der Waals surface area contributed by atoms with Crippen LogP contribution in [-0.2, 0) is 12.8 Å². The number of aliphatic hydroxyl groups is 1. The molecule has 2 aromatic heterocycles. The summed E-state index contributed by atoms with van der Waals surface area (Å²) < 4.78 is 40.8. The summed E-state index contributed by atoms with van der Waals surface area (Å²) in [6.07, 6.45) is -4.68. The number of aromatic nitrogens is 2. The minimum Gasteiger partial charge on any atom is -0.392 e. The maximum absolute atomic E-state index is 13.4. The maximum atomic E-state index is 13.4. The fourth-order valence-electron chi connectivity index (χ4n) is 3.58. The highest BCUT2D eigenvalue weighted by Gasteiger charge is 2.35. The molecule has 0 atom stereocenters. The Labute approximate surface area is 198 Å². The first-order valence-electron chi connectivity index (χ1n) is 9.66. The van der Waals surface area contributed by atoms with Crippen molar-refractivity contribution in [1.82, 2.24) is 9.55 Å². The molecule has 0 aliphatic rings. The molecule has 4 rings (SSSR count). The van der Waals surface area contributed by atoms with Gasteiger partial charge in [0.15, 0.2) is 0 Å². The molecule has 2 heterocycles.